The van der Waals surface area contributed by atoms with Gasteiger partial charge in [-0.1, -0.05) is 53.8 Å². The fourth-order valence-corrected chi connectivity index (χ4v) is 4.76. The Morgan fingerprint density at radius 2 is 1.39 bits per heavy atom. The smallest absolute Gasteiger partial charge is 0.128 e. The quantitative estimate of drug-likeness (QED) is 0.168. The molecule has 0 saturated heterocycles. The standard InChI is InChI=1S/C22H15N2O.C14H14N.Ir/c1-13-6-9-20(24-11-13)18-5-3-4-16-17-8-7-15-12-23-14(2)10-19(15)22(17)25-21(16)18;1-10-4-6-13(7-5-10)14-8-11(2)12(3)9-15-14;/h3-4,6-12H,1-2H3;4-6,8-9H,1-3H3;/q2*-1;. The molecule has 4 heterocycles. The summed E-state index contributed by atoms with van der Waals surface area (Å²) in [7, 11) is 0. The topological polar surface area (TPSA) is 51.8 Å². The Balaban J connectivity index is 0.000000182. The van der Waals surface area contributed by atoms with Crippen LogP contribution in [-0.4, -0.2) is 15.0 Å². The molecule has 0 amide bonds. The average molecular weight is 712 g/mol. The summed E-state index contributed by atoms with van der Waals surface area (Å²) in [4.78, 5) is 13.3. The molecular weight excluding hydrogens is 683 g/mol. The predicted octanol–water partition coefficient (Wildman–Crippen LogP) is 9.08. The number of hydrogen-bond donors (Lipinski definition) is 0. The molecule has 0 aliphatic carbocycles. The molecule has 7 rings (SSSR count). The second-order valence-corrected chi connectivity index (χ2v) is 10.3. The zero-order valence-corrected chi connectivity index (χ0v) is 26.1. The summed E-state index contributed by atoms with van der Waals surface area (Å²) < 4.78 is 6.34. The Morgan fingerprint density at radius 3 is 2.12 bits per heavy atom. The molecule has 0 bridgehead atoms. The van der Waals surface area contributed by atoms with Crippen LogP contribution in [0.15, 0.2) is 89.7 Å². The maximum atomic E-state index is 6.34. The fourth-order valence-electron chi connectivity index (χ4n) is 4.76. The molecule has 0 fully saturated rings. The summed E-state index contributed by atoms with van der Waals surface area (Å²) in [6, 6.07) is 29.1. The summed E-state index contributed by atoms with van der Waals surface area (Å²) in [5.74, 6) is 0. The van der Waals surface area contributed by atoms with Gasteiger partial charge < -0.3 is 14.4 Å². The van der Waals surface area contributed by atoms with Gasteiger partial charge in [-0.25, -0.2) is 0 Å². The van der Waals surface area contributed by atoms with E-state index in [9.17, 15) is 0 Å². The Bertz CT molecular complexity index is 1990. The van der Waals surface area contributed by atoms with Crippen molar-refractivity contribution in [1.29, 1.82) is 0 Å². The van der Waals surface area contributed by atoms with Crippen LogP contribution in [0.3, 0.4) is 0 Å². The van der Waals surface area contributed by atoms with E-state index in [4.69, 9.17) is 4.42 Å². The third-order valence-electron chi connectivity index (χ3n) is 7.22. The molecule has 4 aromatic heterocycles. The maximum Gasteiger partial charge on any atom is 0.128 e. The van der Waals surface area contributed by atoms with Gasteiger partial charge in [-0.3, -0.25) is 4.98 Å². The molecule has 3 aromatic carbocycles. The molecule has 0 saturated carbocycles. The van der Waals surface area contributed by atoms with E-state index in [-0.39, 0.29) is 20.1 Å². The largest absolute Gasteiger partial charge is 0.500 e. The molecule has 1 radical (unpaired) electrons. The zero-order valence-electron chi connectivity index (χ0n) is 23.7. The van der Waals surface area contributed by atoms with Crippen LogP contribution in [0.5, 0.6) is 0 Å². The van der Waals surface area contributed by atoms with E-state index in [0.29, 0.717) is 0 Å². The Morgan fingerprint density at radius 1 is 0.610 bits per heavy atom. The van der Waals surface area contributed by atoms with Crippen molar-refractivity contribution in [2.75, 3.05) is 0 Å². The number of fused-ring (bicyclic) bond motifs is 5. The van der Waals surface area contributed by atoms with E-state index in [2.05, 4.69) is 96.4 Å². The third kappa shape index (κ3) is 5.69. The number of aryl methyl sites for hydroxylation is 5. The van der Waals surface area contributed by atoms with Gasteiger partial charge >= 0.3 is 0 Å². The van der Waals surface area contributed by atoms with Gasteiger partial charge in [0, 0.05) is 60.5 Å². The van der Waals surface area contributed by atoms with Crippen molar-refractivity contribution < 1.29 is 24.5 Å². The van der Waals surface area contributed by atoms with E-state index < -0.39 is 0 Å². The van der Waals surface area contributed by atoms with Crippen molar-refractivity contribution in [2.45, 2.75) is 34.6 Å². The molecule has 0 aliphatic heterocycles. The number of aromatic nitrogens is 3. The van der Waals surface area contributed by atoms with Gasteiger partial charge in [0.25, 0.3) is 0 Å². The van der Waals surface area contributed by atoms with Gasteiger partial charge in [-0.05, 0) is 56.3 Å². The molecule has 7 aromatic rings. The average Bonchev–Trinajstić information content (AvgIpc) is 3.35. The van der Waals surface area contributed by atoms with E-state index in [1.807, 2.05) is 50.6 Å². The van der Waals surface area contributed by atoms with Crippen LogP contribution in [0.25, 0.3) is 55.2 Å². The van der Waals surface area contributed by atoms with Crippen LogP contribution in [0, 0.1) is 46.8 Å². The van der Waals surface area contributed by atoms with Crippen molar-refractivity contribution in [2.24, 2.45) is 0 Å². The van der Waals surface area contributed by atoms with Gasteiger partial charge in [-0.15, -0.1) is 53.6 Å². The summed E-state index contributed by atoms with van der Waals surface area (Å²) in [5, 5.41) is 4.36. The van der Waals surface area contributed by atoms with Gasteiger partial charge in [-0.2, -0.15) is 0 Å². The van der Waals surface area contributed by atoms with Gasteiger partial charge in [0.2, 0.25) is 0 Å². The summed E-state index contributed by atoms with van der Waals surface area (Å²) in [6.07, 6.45) is 5.68. The predicted molar refractivity (Wildman–Crippen MR) is 163 cm³/mol. The van der Waals surface area contributed by atoms with Crippen molar-refractivity contribution in [3.63, 3.8) is 0 Å². The molecule has 0 N–H and O–H groups in total. The van der Waals surface area contributed by atoms with Gasteiger partial charge in [0.15, 0.2) is 0 Å². The number of rotatable bonds is 2. The van der Waals surface area contributed by atoms with Gasteiger partial charge in [0.1, 0.15) is 5.58 Å². The van der Waals surface area contributed by atoms with Crippen molar-refractivity contribution in [3.8, 4) is 22.5 Å². The first kappa shape index (κ1) is 28.4. The van der Waals surface area contributed by atoms with E-state index in [1.165, 1.54) is 16.7 Å². The molecule has 4 nitrogen and oxygen atoms in total. The normalized spacial score (nSPS) is 10.9. The fraction of sp³-hybridized carbons (Fsp3) is 0.139. The Hall–Kier alpha value is -4.18. The van der Waals surface area contributed by atoms with Crippen LogP contribution in [-0.2, 0) is 20.1 Å². The monoisotopic (exact) mass is 712 g/mol. The van der Waals surface area contributed by atoms with Crippen molar-refractivity contribution in [3.05, 3.63) is 125 Å². The molecule has 0 aliphatic rings. The minimum Gasteiger partial charge on any atom is -0.500 e. The molecular formula is C36H29IrN3O-2. The van der Waals surface area contributed by atoms with E-state index >= 15 is 0 Å². The first-order chi connectivity index (χ1) is 19.4. The second kappa shape index (κ2) is 11.7. The molecule has 205 valence electrons. The number of nitrogens with zero attached hydrogens (tertiary/aromatic N) is 3. The second-order valence-electron chi connectivity index (χ2n) is 10.3. The number of hydrogen-bond acceptors (Lipinski definition) is 4. The maximum absolute atomic E-state index is 6.34. The summed E-state index contributed by atoms with van der Waals surface area (Å²) in [6.45, 7) is 10.3. The molecule has 0 unspecified atom stereocenters. The number of benzene rings is 3. The zero-order chi connectivity index (χ0) is 27.8. The molecule has 41 heavy (non-hydrogen) atoms. The summed E-state index contributed by atoms with van der Waals surface area (Å²) in [5.41, 5.74) is 11.4. The summed E-state index contributed by atoms with van der Waals surface area (Å²) >= 11 is 0. The van der Waals surface area contributed by atoms with Crippen LogP contribution >= 0.6 is 0 Å². The van der Waals surface area contributed by atoms with Crippen LogP contribution in [0.4, 0.5) is 0 Å². The first-order valence-electron chi connectivity index (χ1n) is 13.3. The van der Waals surface area contributed by atoms with Crippen molar-refractivity contribution in [1.82, 2.24) is 15.0 Å². The molecule has 0 atom stereocenters. The van der Waals surface area contributed by atoms with Crippen LogP contribution in [0.2, 0.25) is 0 Å². The SMILES string of the molecule is Cc1c[c-]c(-c2cc(C)c(C)cn2)cc1.Cc1ccc(-c2[c-]ccc3c2oc2c4cc(C)ncc4ccc32)nc1.[Ir]. The molecule has 0 spiro atoms. The van der Waals surface area contributed by atoms with Crippen molar-refractivity contribution >= 4 is 32.7 Å². The minimum absolute atomic E-state index is 0. The number of furan rings is 1. The van der Waals surface area contributed by atoms with E-state index in [1.54, 1.807) is 0 Å². The van der Waals surface area contributed by atoms with E-state index in [0.717, 1.165) is 66.5 Å². The number of pyridine rings is 3. The van der Waals surface area contributed by atoms with Crippen LogP contribution < -0.4 is 0 Å². The first-order valence-corrected chi connectivity index (χ1v) is 13.3. The minimum atomic E-state index is 0. The molecule has 5 heteroatoms. The third-order valence-corrected chi connectivity index (χ3v) is 7.22. The Labute approximate surface area is 253 Å². The Kier molecular flexibility index (Phi) is 8.12. The van der Waals surface area contributed by atoms with Crippen LogP contribution in [0.1, 0.15) is 27.9 Å². The van der Waals surface area contributed by atoms with Gasteiger partial charge in [0.05, 0.1) is 5.58 Å².